The first-order valence-corrected chi connectivity index (χ1v) is 9.75. The van der Waals surface area contributed by atoms with Crippen molar-refractivity contribution in [2.45, 2.75) is 23.0 Å². The van der Waals surface area contributed by atoms with Crippen LogP contribution in [0.25, 0.3) is 0 Å². The number of amides is 1. The van der Waals surface area contributed by atoms with E-state index in [4.69, 9.17) is 9.47 Å². The number of rotatable bonds is 6. The summed E-state index contributed by atoms with van der Waals surface area (Å²) < 4.78 is 14.0. The number of aromatic nitrogens is 2. The number of hydrogen-bond donors (Lipinski definition) is 1. The standard InChI is InChI=1S/C17H21N3O3S/c1-22-15-7-6-14(8-16(15)23-2)24(3,13-4-5-13)20-17(21)12-9-18-11-19-10-12/h6-11,13H,4-5H2,1-3H3,(H,20,21). The van der Waals surface area contributed by atoms with Gasteiger partial charge in [-0.1, -0.05) is 0 Å². The van der Waals surface area contributed by atoms with Gasteiger partial charge >= 0.3 is 0 Å². The first kappa shape index (κ1) is 16.6. The minimum absolute atomic E-state index is 0.144. The van der Waals surface area contributed by atoms with E-state index >= 15 is 0 Å². The minimum Gasteiger partial charge on any atom is -0.493 e. The third-order valence-corrected chi connectivity index (χ3v) is 7.81. The van der Waals surface area contributed by atoms with Gasteiger partial charge in [0.2, 0.25) is 0 Å². The Morgan fingerprint density at radius 1 is 1.17 bits per heavy atom. The summed E-state index contributed by atoms with van der Waals surface area (Å²) >= 11 is 0. The lowest BCUT2D eigenvalue weighted by molar-refractivity contribution is 0.0982. The third-order valence-electron chi connectivity index (χ3n) is 4.16. The Kier molecular flexibility index (Phi) is 4.62. The molecule has 0 spiro atoms. The number of hydrogen-bond acceptors (Lipinski definition) is 5. The molecular formula is C17H21N3O3S. The molecule has 1 N–H and O–H groups in total. The van der Waals surface area contributed by atoms with Gasteiger partial charge < -0.3 is 14.2 Å². The smallest absolute Gasteiger partial charge is 0.263 e. The van der Waals surface area contributed by atoms with Crippen molar-refractivity contribution in [3.63, 3.8) is 0 Å². The topological polar surface area (TPSA) is 73.3 Å². The predicted octanol–water partition coefficient (Wildman–Crippen LogP) is 2.79. The van der Waals surface area contributed by atoms with Gasteiger partial charge in [0, 0.05) is 22.5 Å². The van der Waals surface area contributed by atoms with Crippen molar-refractivity contribution in [2.75, 3.05) is 20.5 Å². The molecule has 7 heteroatoms. The molecule has 0 radical (unpaired) electrons. The van der Waals surface area contributed by atoms with Crippen LogP contribution in [0, 0.1) is 0 Å². The molecule has 1 saturated carbocycles. The van der Waals surface area contributed by atoms with Crippen molar-refractivity contribution in [1.82, 2.24) is 14.7 Å². The lowest BCUT2D eigenvalue weighted by Gasteiger charge is -2.38. The number of carbonyl (C=O) groups is 1. The number of ether oxygens (including phenoxy) is 2. The van der Waals surface area contributed by atoms with E-state index in [1.165, 1.54) is 18.7 Å². The molecule has 1 atom stereocenters. The van der Waals surface area contributed by atoms with E-state index in [9.17, 15) is 4.79 Å². The zero-order valence-electron chi connectivity index (χ0n) is 14.0. The van der Waals surface area contributed by atoms with E-state index in [1.54, 1.807) is 14.2 Å². The van der Waals surface area contributed by atoms with Crippen molar-refractivity contribution < 1.29 is 14.3 Å². The zero-order chi connectivity index (χ0) is 17.2. The van der Waals surface area contributed by atoms with Crippen LogP contribution in [-0.2, 0) is 0 Å². The van der Waals surface area contributed by atoms with Gasteiger partial charge in [-0.15, -0.1) is 10.2 Å². The maximum Gasteiger partial charge on any atom is 0.263 e. The summed E-state index contributed by atoms with van der Waals surface area (Å²) in [5.74, 6) is 1.21. The second-order valence-electron chi connectivity index (χ2n) is 5.76. The summed E-state index contributed by atoms with van der Waals surface area (Å²) in [7, 11) is 1.71. The lowest BCUT2D eigenvalue weighted by atomic mass is 10.3. The van der Waals surface area contributed by atoms with Crippen LogP contribution in [0.2, 0.25) is 0 Å². The van der Waals surface area contributed by atoms with Crippen molar-refractivity contribution >= 4 is 16.1 Å². The molecule has 1 aliphatic rings. The van der Waals surface area contributed by atoms with Gasteiger partial charge in [0.1, 0.15) is 6.33 Å². The maximum atomic E-state index is 12.6. The molecule has 0 aliphatic heterocycles. The highest BCUT2D eigenvalue weighted by Crippen LogP contribution is 2.62. The highest BCUT2D eigenvalue weighted by molar-refractivity contribution is 8.32. The monoisotopic (exact) mass is 347 g/mol. The van der Waals surface area contributed by atoms with Crippen LogP contribution >= 0.6 is 10.2 Å². The first-order valence-electron chi connectivity index (χ1n) is 7.65. The van der Waals surface area contributed by atoms with Gasteiger partial charge in [0.05, 0.1) is 19.8 Å². The number of benzene rings is 1. The molecule has 0 saturated heterocycles. The van der Waals surface area contributed by atoms with E-state index in [0.717, 1.165) is 17.7 Å². The molecule has 24 heavy (non-hydrogen) atoms. The Bertz CT molecular complexity index is 737. The molecule has 1 heterocycles. The molecular weight excluding hydrogens is 326 g/mol. The summed E-state index contributed by atoms with van der Waals surface area (Å²) in [6.07, 6.45) is 8.84. The Hall–Kier alpha value is -2.28. The molecule has 128 valence electrons. The van der Waals surface area contributed by atoms with Gasteiger partial charge in [0.25, 0.3) is 5.91 Å². The molecule has 1 aliphatic carbocycles. The summed E-state index contributed by atoms with van der Waals surface area (Å²) in [4.78, 5) is 21.5. The van der Waals surface area contributed by atoms with Crippen LogP contribution < -0.4 is 14.2 Å². The van der Waals surface area contributed by atoms with Crippen LogP contribution in [0.5, 0.6) is 11.5 Å². The maximum absolute atomic E-state index is 12.6. The van der Waals surface area contributed by atoms with Crippen LogP contribution in [0.1, 0.15) is 23.2 Å². The molecule has 1 fully saturated rings. The van der Waals surface area contributed by atoms with Crippen LogP contribution in [0.3, 0.4) is 0 Å². The minimum atomic E-state index is -1.52. The van der Waals surface area contributed by atoms with Crippen molar-refractivity contribution in [3.05, 3.63) is 42.5 Å². The Morgan fingerprint density at radius 2 is 1.83 bits per heavy atom. The van der Waals surface area contributed by atoms with Crippen LogP contribution in [0.15, 0.2) is 41.8 Å². The molecule has 3 rings (SSSR count). The fourth-order valence-corrected chi connectivity index (χ4v) is 5.58. The average molecular weight is 347 g/mol. The van der Waals surface area contributed by atoms with Crippen molar-refractivity contribution in [1.29, 1.82) is 0 Å². The predicted molar refractivity (Wildman–Crippen MR) is 93.8 cm³/mol. The summed E-state index contributed by atoms with van der Waals surface area (Å²) in [5, 5.41) is 0.476. The fraction of sp³-hybridized carbons (Fsp3) is 0.353. The number of carbonyl (C=O) groups excluding carboxylic acids is 1. The Morgan fingerprint density at radius 3 is 2.42 bits per heavy atom. The van der Waals surface area contributed by atoms with Gasteiger partial charge in [-0.05, 0) is 37.3 Å². The van der Waals surface area contributed by atoms with Gasteiger partial charge in [0.15, 0.2) is 11.5 Å². The Balaban J connectivity index is 1.93. The molecule has 1 aromatic carbocycles. The number of nitrogens with zero attached hydrogens (tertiary/aromatic N) is 2. The summed E-state index contributed by atoms with van der Waals surface area (Å²) in [5.41, 5.74) is 0.470. The number of methoxy groups -OCH3 is 2. The van der Waals surface area contributed by atoms with E-state index in [-0.39, 0.29) is 5.91 Å². The molecule has 1 aromatic heterocycles. The number of nitrogens with one attached hydrogen (secondary N) is 1. The zero-order valence-corrected chi connectivity index (χ0v) is 14.8. The largest absolute Gasteiger partial charge is 0.493 e. The van der Waals surface area contributed by atoms with Crippen molar-refractivity contribution in [2.24, 2.45) is 0 Å². The molecule has 0 bridgehead atoms. The quantitative estimate of drug-likeness (QED) is 0.870. The SMILES string of the molecule is COc1ccc(S(C)(NC(=O)c2cncnc2)C2CC2)cc1OC. The summed E-state index contributed by atoms with van der Waals surface area (Å²) in [6.45, 7) is 0. The van der Waals surface area contributed by atoms with Crippen LogP contribution in [0.4, 0.5) is 0 Å². The normalized spacial score (nSPS) is 17.5. The molecule has 6 nitrogen and oxygen atoms in total. The first-order chi connectivity index (χ1) is 11.6. The third kappa shape index (κ3) is 3.17. The summed E-state index contributed by atoms with van der Waals surface area (Å²) in [6, 6.07) is 5.87. The second kappa shape index (κ2) is 6.68. The molecule has 1 amide bonds. The highest BCUT2D eigenvalue weighted by atomic mass is 32.3. The van der Waals surface area contributed by atoms with E-state index < -0.39 is 10.2 Å². The second-order valence-corrected chi connectivity index (χ2v) is 9.06. The lowest BCUT2D eigenvalue weighted by Crippen LogP contribution is -2.30. The highest BCUT2D eigenvalue weighted by Gasteiger charge is 2.40. The van der Waals surface area contributed by atoms with E-state index in [1.807, 2.05) is 18.2 Å². The molecule has 2 aromatic rings. The van der Waals surface area contributed by atoms with Gasteiger partial charge in [-0.2, -0.15) is 0 Å². The van der Waals surface area contributed by atoms with Crippen molar-refractivity contribution in [3.8, 4) is 11.5 Å². The van der Waals surface area contributed by atoms with E-state index in [0.29, 0.717) is 22.3 Å². The van der Waals surface area contributed by atoms with Gasteiger partial charge in [-0.3, -0.25) is 4.79 Å². The Labute approximate surface area is 143 Å². The van der Waals surface area contributed by atoms with Crippen LogP contribution in [-0.4, -0.2) is 41.6 Å². The van der Waals surface area contributed by atoms with Gasteiger partial charge in [-0.25, -0.2) is 9.97 Å². The molecule has 1 unspecified atom stereocenters. The average Bonchev–Trinajstić information content (AvgIpc) is 3.47. The van der Waals surface area contributed by atoms with E-state index in [2.05, 4.69) is 20.9 Å². The fourth-order valence-electron chi connectivity index (χ4n) is 2.62.